The molecule has 20 heavy (non-hydrogen) atoms. The lowest BCUT2D eigenvalue weighted by molar-refractivity contribution is 0.0911. The number of nitrogens with one attached hydrogen (secondary N) is 1. The molecule has 0 radical (unpaired) electrons. The van der Waals surface area contributed by atoms with E-state index >= 15 is 0 Å². The zero-order valence-electron chi connectivity index (χ0n) is 10.4. The third kappa shape index (κ3) is 3.36. The zero-order valence-corrected chi connectivity index (χ0v) is 10.4. The summed E-state index contributed by atoms with van der Waals surface area (Å²) >= 11 is 0. The van der Waals surface area contributed by atoms with Crippen molar-refractivity contribution in [3.05, 3.63) is 65.5 Å². The quantitative estimate of drug-likeness (QED) is 0.896. The maximum absolute atomic E-state index is 13.0. The average molecular weight is 278 g/mol. The van der Waals surface area contributed by atoms with Gasteiger partial charge >= 0.3 is 0 Å². The van der Waals surface area contributed by atoms with Crippen LogP contribution in [0.25, 0.3) is 0 Å². The standard InChI is InChI=1S/C14H12F2N2O2/c15-10-5-4-9(7-11(10)16)13(19)8-18-14(20)12-3-1-2-6-17-12/h1-7,13,19H,8H2,(H,18,20). The summed E-state index contributed by atoms with van der Waals surface area (Å²) in [7, 11) is 0. The molecule has 0 aliphatic rings. The topological polar surface area (TPSA) is 62.2 Å². The van der Waals surface area contributed by atoms with Crippen LogP contribution in [0.15, 0.2) is 42.6 Å². The molecule has 0 saturated carbocycles. The molecule has 4 nitrogen and oxygen atoms in total. The third-order valence-electron chi connectivity index (χ3n) is 2.68. The van der Waals surface area contributed by atoms with Crippen molar-refractivity contribution in [1.29, 1.82) is 0 Å². The van der Waals surface area contributed by atoms with Crippen LogP contribution in [0.4, 0.5) is 8.78 Å². The van der Waals surface area contributed by atoms with Crippen LogP contribution in [0.3, 0.4) is 0 Å². The van der Waals surface area contributed by atoms with Gasteiger partial charge in [-0.05, 0) is 29.8 Å². The highest BCUT2D eigenvalue weighted by molar-refractivity contribution is 5.92. The van der Waals surface area contributed by atoms with E-state index in [2.05, 4.69) is 10.3 Å². The Morgan fingerprint density at radius 3 is 2.70 bits per heavy atom. The maximum atomic E-state index is 13.0. The molecule has 0 spiro atoms. The summed E-state index contributed by atoms with van der Waals surface area (Å²) in [5, 5.41) is 12.3. The number of amides is 1. The third-order valence-corrected chi connectivity index (χ3v) is 2.68. The van der Waals surface area contributed by atoms with E-state index in [0.717, 1.165) is 12.1 Å². The van der Waals surface area contributed by atoms with Crippen molar-refractivity contribution >= 4 is 5.91 Å². The van der Waals surface area contributed by atoms with Gasteiger partial charge in [0.15, 0.2) is 11.6 Å². The van der Waals surface area contributed by atoms with Crippen LogP contribution in [0, 0.1) is 11.6 Å². The molecule has 1 aromatic carbocycles. The lowest BCUT2D eigenvalue weighted by atomic mass is 10.1. The first-order chi connectivity index (χ1) is 9.58. The highest BCUT2D eigenvalue weighted by Crippen LogP contribution is 2.15. The number of carbonyl (C=O) groups is 1. The largest absolute Gasteiger partial charge is 0.387 e. The number of hydrogen-bond acceptors (Lipinski definition) is 3. The molecule has 0 saturated heterocycles. The van der Waals surface area contributed by atoms with Crippen LogP contribution < -0.4 is 5.32 Å². The van der Waals surface area contributed by atoms with Gasteiger partial charge in [0.05, 0.1) is 6.10 Å². The Bertz CT molecular complexity index is 605. The minimum atomic E-state index is -1.13. The van der Waals surface area contributed by atoms with Crippen LogP contribution in [0.5, 0.6) is 0 Å². The molecule has 0 aliphatic carbocycles. The fourth-order valence-corrected chi connectivity index (χ4v) is 1.61. The number of rotatable bonds is 4. The normalized spacial score (nSPS) is 11.9. The van der Waals surface area contributed by atoms with Gasteiger partial charge in [0.25, 0.3) is 5.91 Å². The summed E-state index contributed by atoms with van der Waals surface area (Å²) in [6, 6.07) is 7.94. The molecule has 6 heteroatoms. The number of aliphatic hydroxyl groups is 1. The Hall–Kier alpha value is -2.34. The van der Waals surface area contributed by atoms with Crippen LogP contribution in [-0.4, -0.2) is 22.5 Å². The number of nitrogens with zero attached hydrogens (tertiary/aromatic N) is 1. The second-order valence-corrected chi connectivity index (χ2v) is 4.11. The van der Waals surface area contributed by atoms with Crippen LogP contribution in [-0.2, 0) is 0 Å². The lowest BCUT2D eigenvalue weighted by Crippen LogP contribution is -2.29. The van der Waals surface area contributed by atoms with E-state index in [1.165, 1.54) is 18.3 Å². The molecule has 0 fully saturated rings. The van der Waals surface area contributed by atoms with E-state index in [4.69, 9.17) is 0 Å². The summed E-state index contributed by atoms with van der Waals surface area (Å²) in [6.45, 7) is -0.125. The van der Waals surface area contributed by atoms with E-state index in [0.29, 0.717) is 0 Å². The van der Waals surface area contributed by atoms with Gasteiger partial charge in [0.1, 0.15) is 5.69 Å². The molecule has 0 aliphatic heterocycles. The smallest absolute Gasteiger partial charge is 0.269 e. The Balaban J connectivity index is 1.96. The van der Waals surface area contributed by atoms with Gasteiger partial charge in [-0.25, -0.2) is 8.78 Å². The molecule has 2 aromatic rings. The SMILES string of the molecule is O=C(NCC(O)c1ccc(F)c(F)c1)c1ccccn1. The Morgan fingerprint density at radius 1 is 1.25 bits per heavy atom. The van der Waals surface area contributed by atoms with E-state index < -0.39 is 23.6 Å². The van der Waals surface area contributed by atoms with Gasteiger partial charge in [0.2, 0.25) is 0 Å². The second kappa shape index (κ2) is 6.21. The highest BCUT2D eigenvalue weighted by Gasteiger charge is 2.13. The molecular formula is C14H12F2N2O2. The first-order valence-electron chi connectivity index (χ1n) is 5.90. The van der Waals surface area contributed by atoms with E-state index in [9.17, 15) is 18.7 Å². The molecule has 2 rings (SSSR count). The molecular weight excluding hydrogens is 266 g/mol. The van der Waals surface area contributed by atoms with Gasteiger partial charge in [-0.15, -0.1) is 0 Å². The fraction of sp³-hybridized carbons (Fsp3) is 0.143. The van der Waals surface area contributed by atoms with Gasteiger partial charge < -0.3 is 10.4 Å². The van der Waals surface area contributed by atoms with Crippen molar-refractivity contribution in [2.24, 2.45) is 0 Å². The van der Waals surface area contributed by atoms with Crippen LogP contribution >= 0.6 is 0 Å². The fourth-order valence-electron chi connectivity index (χ4n) is 1.61. The van der Waals surface area contributed by atoms with E-state index in [1.54, 1.807) is 12.1 Å². The van der Waals surface area contributed by atoms with Crippen molar-refractivity contribution in [1.82, 2.24) is 10.3 Å². The summed E-state index contributed by atoms with van der Waals surface area (Å²) in [5.74, 6) is -2.48. The van der Waals surface area contributed by atoms with E-state index in [-0.39, 0.29) is 17.8 Å². The van der Waals surface area contributed by atoms with E-state index in [1.807, 2.05) is 0 Å². The summed E-state index contributed by atoms with van der Waals surface area (Å²) in [4.78, 5) is 15.5. The Labute approximate surface area is 114 Å². The minimum Gasteiger partial charge on any atom is -0.387 e. The number of aromatic nitrogens is 1. The molecule has 1 unspecified atom stereocenters. The van der Waals surface area contributed by atoms with Crippen molar-refractivity contribution in [3.8, 4) is 0 Å². The van der Waals surface area contributed by atoms with Gasteiger partial charge in [-0.3, -0.25) is 9.78 Å². The van der Waals surface area contributed by atoms with Crippen molar-refractivity contribution in [3.63, 3.8) is 0 Å². The Kier molecular flexibility index (Phi) is 4.37. The summed E-state index contributed by atoms with van der Waals surface area (Å²) in [6.07, 6.45) is 0.346. The molecule has 104 valence electrons. The number of pyridine rings is 1. The van der Waals surface area contributed by atoms with Crippen LogP contribution in [0.1, 0.15) is 22.2 Å². The van der Waals surface area contributed by atoms with Crippen molar-refractivity contribution in [2.75, 3.05) is 6.54 Å². The average Bonchev–Trinajstić information content (AvgIpc) is 2.48. The zero-order chi connectivity index (χ0) is 14.5. The first-order valence-corrected chi connectivity index (χ1v) is 5.90. The van der Waals surface area contributed by atoms with Gasteiger partial charge in [0, 0.05) is 12.7 Å². The second-order valence-electron chi connectivity index (χ2n) is 4.11. The summed E-state index contributed by atoms with van der Waals surface area (Å²) < 4.78 is 25.8. The minimum absolute atomic E-state index is 0.125. The number of hydrogen-bond donors (Lipinski definition) is 2. The molecule has 0 bridgehead atoms. The molecule has 2 N–H and O–H groups in total. The lowest BCUT2D eigenvalue weighted by Gasteiger charge is -2.12. The molecule has 1 atom stereocenters. The predicted molar refractivity (Wildman–Crippen MR) is 67.9 cm³/mol. The first kappa shape index (κ1) is 14.1. The van der Waals surface area contributed by atoms with Crippen molar-refractivity contribution < 1.29 is 18.7 Å². The number of halogens is 2. The maximum Gasteiger partial charge on any atom is 0.269 e. The Morgan fingerprint density at radius 2 is 2.05 bits per heavy atom. The molecule has 1 heterocycles. The monoisotopic (exact) mass is 278 g/mol. The van der Waals surface area contributed by atoms with Crippen LogP contribution in [0.2, 0.25) is 0 Å². The molecule has 1 amide bonds. The van der Waals surface area contributed by atoms with Gasteiger partial charge in [-0.1, -0.05) is 12.1 Å². The highest BCUT2D eigenvalue weighted by atomic mass is 19.2. The predicted octanol–water partition coefficient (Wildman–Crippen LogP) is 1.82. The number of benzene rings is 1. The molecule has 1 aromatic heterocycles. The van der Waals surface area contributed by atoms with Gasteiger partial charge in [-0.2, -0.15) is 0 Å². The number of aliphatic hydroxyl groups excluding tert-OH is 1. The number of carbonyl (C=O) groups excluding carboxylic acids is 1. The summed E-state index contributed by atoms with van der Waals surface area (Å²) in [5.41, 5.74) is 0.398. The van der Waals surface area contributed by atoms with Crippen molar-refractivity contribution in [2.45, 2.75) is 6.10 Å².